The third-order valence-corrected chi connectivity index (χ3v) is 8.89. The number of carbonyl (C=O) groups excluding carboxylic acids is 2. The minimum atomic E-state index is -1.18. The van der Waals surface area contributed by atoms with Crippen molar-refractivity contribution in [1.29, 1.82) is 0 Å². The third-order valence-electron chi connectivity index (χ3n) is 8.89. The van der Waals surface area contributed by atoms with Gasteiger partial charge in [-0.3, -0.25) is 9.59 Å². The molecule has 9 heteroatoms. The first kappa shape index (κ1) is 29.4. The zero-order valence-corrected chi connectivity index (χ0v) is 26.1. The summed E-state index contributed by atoms with van der Waals surface area (Å²) in [5.41, 5.74) is 3.52. The molecule has 1 aromatic heterocycles. The predicted molar refractivity (Wildman–Crippen MR) is 168 cm³/mol. The van der Waals surface area contributed by atoms with E-state index >= 15 is 0 Å². The Bertz CT molecular complexity index is 1730. The molecule has 1 fully saturated rings. The molecule has 3 heterocycles. The van der Waals surface area contributed by atoms with Crippen LogP contribution >= 0.6 is 0 Å². The molecular formula is C35H39N3O6. The maximum atomic E-state index is 14.4. The zero-order chi connectivity index (χ0) is 31.2. The summed E-state index contributed by atoms with van der Waals surface area (Å²) in [6.45, 7) is 6.62. The first-order valence-electron chi connectivity index (χ1n) is 15.0. The Balaban J connectivity index is 1.38. The highest BCUT2D eigenvalue weighted by atomic mass is 16.5. The van der Waals surface area contributed by atoms with E-state index in [1.54, 1.807) is 31.1 Å². The van der Waals surface area contributed by atoms with Crippen LogP contribution in [0.3, 0.4) is 0 Å². The number of methoxy groups -OCH3 is 3. The van der Waals surface area contributed by atoms with E-state index < -0.39 is 5.54 Å². The molecule has 0 spiro atoms. The number of amides is 2. The van der Waals surface area contributed by atoms with Gasteiger partial charge in [-0.1, -0.05) is 30.3 Å². The Kier molecular flexibility index (Phi) is 7.65. The van der Waals surface area contributed by atoms with E-state index in [4.69, 9.17) is 18.9 Å². The average Bonchev–Trinajstić information content (AvgIpc) is 3.43. The van der Waals surface area contributed by atoms with Crippen LogP contribution in [0, 0.1) is 0 Å². The normalized spacial score (nSPS) is 19.7. The van der Waals surface area contributed by atoms with Crippen molar-refractivity contribution in [2.75, 3.05) is 41.0 Å². The molecule has 6 rings (SSSR count). The van der Waals surface area contributed by atoms with Crippen molar-refractivity contribution < 1.29 is 28.5 Å². The Hall–Kier alpha value is -4.66. The first-order chi connectivity index (χ1) is 21.2. The summed E-state index contributed by atoms with van der Waals surface area (Å²) in [5.74, 6) is 2.22. The number of H-pyrrole nitrogens is 1. The zero-order valence-electron chi connectivity index (χ0n) is 26.1. The molecule has 9 nitrogen and oxygen atoms in total. The van der Waals surface area contributed by atoms with Gasteiger partial charge in [0.05, 0.1) is 39.7 Å². The minimum Gasteiger partial charge on any atom is -0.493 e. The van der Waals surface area contributed by atoms with Gasteiger partial charge >= 0.3 is 0 Å². The largest absolute Gasteiger partial charge is 0.493 e. The van der Waals surface area contributed by atoms with Crippen LogP contribution in [0.4, 0.5) is 0 Å². The van der Waals surface area contributed by atoms with Gasteiger partial charge in [-0.25, -0.2) is 0 Å². The monoisotopic (exact) mass is 597 g/mol. The van der Waals surface area contributed by atoms with E-state index in [-0.39, 0.29) is 30.4 Å². The van der Waals surface area contributed by atoms with Crippen molar-refractivity contribution in [1.82, 2.24) is 14.8 Å². The molecule has 0 aliphatic carbocycles. The molecule has 0 bridgehead atoms. The Morgan fingerprint density at radius 2 is 1.61 bits per heavy atom. The van der Waals surface area contributed by atoms with E-state index in [1.807, 2.05) is 75.4 Å². The topological polar surface area (TPSA) is 93.3 Å². The molecule has 4 aromatic rings. The van der Waals surface area contributed by atoms with Crippen LogP contribution in [0.5, 0.6) is 23.0 Å². The average molecular weight is 598 g/mol. The molecule has 0 radical (unpaired) electrons. The van der Waals surface area contributed by atoms with Crippen molar-refractivity contribution in [3.8, 4) is 23.0 Å². The molecule has 1 saturated heterocycles. The number of benzene rings is 3. The highest BCUT2D eigenvalue weighted by Crippen LogP contribution is 2.49. The van der Waals surface area contributed by atoms with Gasteiger partial charge in [0.15, 0.2) is 28.5 Å². The Morgan fingerprint density at radius 3 is 2.34 bits per heavy atom. The maximum absolute atomic E-state index is 14.4. The summed E-state index contributed by atoms with van der Waals surface area (Å²) in [6.07, 6.45) is 0.569. The van der Waals surface area contributed by atoms with Gasteiger partial charge in [-0.15, -0.1) is 0 Å². The van der Waals surface area contributed by atoms with Crippen molar-refractivity contribution >= 4 is 22.7 Å². The third kappa shape index (κ3) is 4.80. The van der Waals surface area contributed by atoms with E-state index in [0.717, 1.165) is 33.3 Å². The fourth-order valence-corrected chi connectivity index (χ4v) is 6.71. The number of nitrogens with one attached hydrogen (secondary N) is 1. The van der Waals surface area contributed by atoms with Crippen LogP contribution in [-0.4, -0.2) is 73.7 Å². The summed E-state index contributed by atoms with van der Waals surface area (Å²) in [4.78, 5) is 35.4. The van der Waals surface area contributed by atoms with Crippen molar-refractivity contribution in [3.05, 3.63) is 83.0 Å². The highest BCUT2D eigenvalue weighted by molar-refractivity contribution is 6.01. The van der Waals surface area contributed by atoms with E-state index in [9.17, 15) is 9.59 Å². The van der Waals surface area contributed by atoms with Gasteiger partial charge in [0.2, 0.25) is 5.91 Å². The van der Waals surface area contributed by atoms with E-state index in [1.165, 1.54) is 0 Å². The molecule has 2 aliphatic rings. The summed E-state index contributed by atoms with van der Waals surface area (Å²) in [6, 6.07) is 19.7. The van der Waals surface area contributed by atoms with Crippen LogP contribution < -0.4 is 18.9 Å². The van der Waals surface area contributed by atoms with Crippen LogP contribution in [-0.2, 0) is 21.5 Å². The van der Waals surface area contributed by atoms with Crippen LogP contribution in [0.1, 0.15) is 49.1 Å². The fourth-order valence-electron chi connectivity index (χ4n) is 6.71. The molecule has 2 atom stereocenters. The number of aromatic nitrogens is 1. The smallest absolute Gasteiger partial charge is 0.254 e. The first-order valence-corrected chi connectivity index (χ1v) is 15.0. The lowest BCUT2D eigenvalue weighted by Crippen LogP contribution is -2.67. The maximum Gasteiger partial charge on any atom is 0.254 e. The second-order valence-corrected chi connectivity index (χ2v) is 11.8. The number of aromatic amines is 1. The quantitative estimate of drug-likeness (QED) is 0.283. The number of fused-ring (bicyclic) bond motifs is 5. The number of para-hydroxylation sites is 1. The SMILES string of the molecule is COc1ccc(CCN2CC(=O)N3CC(c4ccc(OC(C)C)c(OC)c4)c4c([nH]c5ccccc45)[C@@]3(C)C2=O)cc1OC. The lowest BCUT2D eigenvalue weighted by Gasteiger charge is -2.51. The summed E-state index contributed by atoms with van der Waals surface area (Å²) >= 11 is 0. The molecule has 0 saturated carbocycles. The lowest BCUT2D eigenvalue weighted by molar-refractivity contribution is -0.166. The number of nitrogens with zero attached hydrogens (tertiary/aromatic N) is 2. The molecule has 2 amide bonds. The lowest BCUT2D eigenvalue weighted by atomic mass is 9.76. The number of hydrogen-bond acceptors (Lipinski definition) is 6. The second-order valence-electron chi connectivity index (χ2n) is 11.8. The second kappa shape index (κ2) is 11.4. The van der Waals surface area contributed by atoms with E-state index in [0.29, 0.717) is 42.5 Å². The molecule has 44 heavy (non-hydrogen) atoms. The number of piperazine rings is 1. The number of rotatable bonds is 9. The molecule has 1 N–H and O–H groups in total. The number of ether oxygens (including phenoxy) is 4. The Labute approximate surface area is 257 Å². The minimum absolute atomic E-state index is 0.00274. The van der Waals surface area contributed by atoms with Crippen LogP contribution in [0.25, 0.3) is 10.9 Å². The molecular weight excluding hydrogens is 558 g/mol. The van der Waals surface area contributed by atoms with Crippen LogP contribution in [0.15, 0.2) is 60.7 Å². The predicted octanol–water partition coefficient (Wildman–Crippen LogP) is 5.26. The van der Waals surface area contributed by atoms with Gasteiger partial charge in [-0.05, 0) is 74.2 Å². The fraction of sp³-hybridized carbons (Fsp3) is 0.371. The molecule has 230 valence electrons. The summed E-state index contributed by atoms with van der Waals surface area (Å²) < 4.78 is 22.5. The number of carbonyl (C=O) groups is 2. The molecule has 1 unspecified atom stereocenters. The summed E-state index contributed by atoms with van der Waals surface area (Å²) in [7, 11) is 4.83. The molecule has 3 aromatic carbocycles. The highest BCUT2D eigenvalue weighted by Gasteiger charge is 2.56. The van der Waals surface area contributed by atoms with Crippen LogP contribution in [0.2, 0.25) is 0 Å². The molecule has 2 aliphatic heterocycles. The number of hydrogen-bond donors (Lipinski definition) is 1. The van der Waals surface area contributed by atoms with Gasteiger partial charge in [0.1, 0.15) is 0 Å². The van der Waals surface area contributed by atoms with Gasteiger partial charge in [-0.2, -0.15) is 0 Å². The summed E-state index contributed by atoms with van der Waals surface area (Å²) in [5, 5.41) is 1.04. The van der Waals surface area contributed by atoms with Crippen molar-refractivity contribution in [2.24, 2.45) is 0 Å². The van der Waals surface area contributed by atoms with E-state index in [2.05, 4.69) is 11.1 Å². The standard InChI is InChI=1S/C35H39N3O6/c1-21(2)44-28-14-12-23(18-30(28)43-6)25-19-38-31(39)20-37(16-15-22-11-13-27(41-4)29(17-22)42-5)34(40)35(38,3)33-32(25)24-9-7-8-10-26(24)36-33/h7-14,17-18,21,25,36H,15-16,19-20H2,1-6H3/t25?,35-/m0/s1. The van der Waals surface area contributed by atoms with Gasteiger partial charge in [0.25, 0.3) is 5.91 Å². The van der Waals surface area contributed by atoms with Gasteiger partial charge < -0.3 is 33.7 Å². The van der Waals surface area contributed by atoms with Crippen molar-refractivity contribution in [2.45, 2.75) is 44.8 Å². The Morgan fingerprint density at radius 1 is 0.909 bits per heavy atom. The van der Waals surface area contributed by atoms with Gasteiger partial charge in [0, 0.05) is 29.9 Å². The van der Waals surface area contributed by atoms with Crippen molar-refractivity contribution in [3.63, 3.8) is 0 Å².